The molecule has 0 saturated carbocycles. The van der Waals surface area contributed by atoms with Crippen LogP contribution in [0, 0.1) is 0 Å². The number of benzene rings is 1. The van der Waals surface area contributed by atoms with Gasteiger partial charge in [0.1, 0.15) is 10.7 Å². The monoisotopic (exact) mass is 254 g/mol. The third kappa shape index (κ3) is 1.91. The molecule has 0 N–H and O–H groups in total. The van der Waals surface area contributed by atoms with Crippen molar-refractivity contribution in [2.75, 3.05) is 0 Å². The summed E-state index contributed by atoms with van der Waals surface area (Å²) >= 11 is 1.45. The smallest absolute Gasteiger partial charge is 0.178 e. The van der Waals surface area contributed by atoms with E-state index in [2.05, 4.69) is 9.97 Å². The molecular weight excluding hydrogens is 244 g/mol. The molecule has 0 radical (unpaired) electrons. The molecule has 0 unspecified atom stereocenters. The van der Waals surface area contributed by atoms with E-state index < -0.39 is 0 Å². The minimum absolute atomic E-state index is 0.0155. The maximum Gasteiger partial charge on any atom is 0.178 e. The number of aromatic nitrogens is 2. The molecule has 0 aliphatic carbocycles. The lowest BCUT2D eigenvalue weighted by atomic mass is 10.2. The summed E-state index contributed by atoms with van der Waals surface area (Å²) in [5.41, 5.74) is 2.26. The molecule has 0 saturated heterocycles. The predicted molar refractivity (Wildman–Crippen MR) is 72.9 cm³/mol. The van der Waals surface area contributed by atoms with E-state index in [1.807, 2.05) is 36.4 Å². The maximum atomic E-state index is 11.2. The maximum absolute atomic E-state index is 11.2. The summed E-state index contributed by atoms with van der Waals surface area (Å²) in [5.74, 6) is -0.0155. The Balaban J connectivity index is 2.10. The molecule has 3 aromatic rings. The summed E-state index contributed by atoms with van der Waals surface area (Å²) in [5, 5.41) is 3.66. The molecule has 0 bridgehead atoms. The van der Waals surface area contributed by atoms with Gasteiger partial charge in [0.05, 0.1) is 11.2 Å². The van der Waals surface area contributed by atoms with Crippen LogP contribution in [-0.2, 0) is 0 Å². The van der Waals surface area contributed by atoms with Crippen LogP contribution in [0.25, 0.3) is 21.6 Å². The van der Waals surface area contributed by atoms with Gasteiger partial charge in [0, 0.05) is 17.7 Å². The Labute approximate surface area is 108 Å². The molecule has 0 spiro atoms. The lowest BCUT2D eigenvalue weighted by Gasteiger charge is -1.99. The number of thiazole rings is 1. The van der Waals surface area contributed by atoms with Crippen molar-refractivity contribution in [3.05, 3.63) is 47.5 Å². The van der Waals surface area contributed by atoms with Gasteiger partial charge in [-0.05, 0) is 12.1 Å². The fourth-order valence-electron chi connectivity index (χ4n) is 1.74. The number of carbonyl (C=O) groups is 1. The van der Waals surface area contributed by atoms with Gasteiger partial charge in [0.15, 0.2) is 5.78 Å². The zero-order chi connectivity index (χ0) is 12.5. The van der Waals surface area contributed by atoms with Crippen LogP contribution in [0.5, 0.6) is 0 Å². The molecule has 3 nitrogen and oxygen atoms in total. The Hall–Kier alpha value is -2.07. The second-order valence-corrected chi connectivity index (χ2v) is 4.84. The van der Waals surface area contributed by atoms with Gasteiger partial charge in [-0.2, -0.15) is 0 Å². The molecule has 88 valence electrons. The minimum atomic E-state index is -0.0155. The largest absolute Gasteiger partial charge is 0.293 e. The van der Waals surface area contributed by atoms with Gasteiger partial charge in [0.2, 0.25) is 0 Å². The average molecular weight is 254 g/mol. The molecular formula is C14H10N2OS. The number of carbonyl (C=O) groups excluding carboxylic acids is 1. The number of fused-ring (bicyclic) bond motifs is 1. The molecule has 0 atom stereocenters. The average Bonchev–Trinajstić information content (AvgIpc) is 2.88. The van der Waals surface area contributed by atoms with Crippen molar-refractivity contribution in [2.45, 2.75) is 6.92 Å². The summed E-state index contributed by atoms with van der Waals surface area (Å²) in [6.45, 7) is 1.52. The van der Waals surface area contributed by atoms with Crippen LogP contribution in [0.3, 0.4) is 0 Å². The molecule has 0 aliphatic rings. The Morgan fingerprint density at radius 2 is 1.94 bits per heavy atom. The predicted octanol–water partition coefficient (Wildman–Crippen LogP) is 3.56. The summed E-state index contributed by atoms with van der Waals surface area (Å²) in [6, 6.07) is 11.9. The lowest BCUT2D eigenvalue weighted by molar-refractivity contribution is 0.101. The number of Topliss-reactive ketones (excluding diaryl/α,β-unsaturated/α-hetero) is 1. The van der Waals surface area contributed by atoms with E-state index in [0.717, 1.165) is 21.6 Å². The number of hydrogen-bond acceptors (Lipinski definition) is 4. The first kappa shape index (κ1) is 11.0. The van der Waals surface area contributed by atoms with E-state index in [1.165, 1.54) is 18.3 Å². The van der Waals surface area contributed by atoms with E-state index in [4.69, 9.17) is 0 Å². The lowest BCUT2D eigenvalue weighted by Crippen LogP contribution is -1.92. The van der Waals surface area contributed by atoms with Crippen molar-refractivity contribution in [3.8, 4) is 10.7 Å². The number of pyridine rings is 1. The molecule has 2 heterocycles. The number of hydrogen-bond donors (Lipinski definition) is 0. The first-order chi connectivity index (χ1) is 8.74. The molecule has 2 aromatic heterocycles. The zero-order valence-corrected chi connectivity index (χ0v) is 10.6. The number of ketones is 1. The van der Waals surface area contributed by atoms with Crippen LogP contribution in [0.1, 0.15) is 17.4 Å². The van der Waals surface area contributed by atoms with Gasteiger partial charge in [-0.1, -0.05) is 24.3 Å². The highest BCUT2D eigenvalue weighted by molar-refractivity contribution is 7.13. The van der Waals surface area contributed by atoms with Crippen molar-refractivity contribution < 1.29 is 4.79 Å². The number of para-hydroxylation sites is 1. The van der Waals surface area contributed by atoms with E-state index in [-0.39, 0.29) is 5.78 Å². The second-order valence-electron chi connectivity index (χ2n) is 3.98. The molecule has 18 heavy (non-hydrogen) atoms. The van der Waals surface area contributed by atoms with Crippen molar-refractivity contribution in [2.24, 2.45) is 0 Å². The van der Waals surface area contributed by atoms with Crippen LogP contribution in [-0.4, -0.2) is 15.8 Å². The van der Waals surface area contributed by atoms with E-state index in [0.29, 0.717) is 5.69 Å². The number of nitrogens with zero attached hydrogens (tertiary/aromatic N) is 2. The summed E-state index contributed by atoms with van der Waals surface area (Å²) in [4.78, 5) is 20.1. The van der Waals surface area contributed by atoms with Gasteiger partial charge in [-0.3, -0.25) is 4.79 Å². The van der Waals surface area contributed by atoms with Crippen molar-refractivity contribution in [1.29, 1.82) is 0 Å². The molecule has 4 heteroatoms. The second kappa shape index (κ2) is 4.31. The highest BCUT2D eigenvalue weighted by atomic mass is 32.1. The van der Waals surface area contributed by atoms with Crippen molar-refractivity contribution in [3.63, 3.8) is 0 Å². The Bertz CT molecular complexity index is 733. The van der Waals surface area contributed by atoms with Crippen LogP contribution in [0.4, 0.5) is 0 Å². The van der Waals surface area contributed by atoms with Gasteiger partial charge < -0.3 is 0 Å². The molecule has 0 amide bonds. The van der Waals surface area contributed by atoms with E-state index >= 15 is 0 Å². The summed E-state index contributed by atoms with van der Waals surface area (Å²) in [7, 11) is 0. The molecule has 3 rings (SSSR count). The first-order valence-electron chi connectivity index (χ1n) is 5.57. The summed E-state index contributed by atoms with van der Waals surface area (Å²) < 4.78 is 0. The molecule has 0 aliphatic heterocycles. The van der Waals surface area contributed by atoms with Gasteiger partial charge in [-0.15, -0.1) is 11.3 Å². The standard InChI is InChI=1S/C14H10N2OS/c1-9(17)13-8-18-14(16-13)12-7-6-10-4-2-3-5-11(10)15-12/h2-8H,1H3. The topological polar surface area (TPSA) is 42.9 Å². The van der Waals surface area contributed by atoms with Crippen molar-refractivity contribution in [1.82, 2.24) is 9.97 Å². The van der Waals surface area contributed by atoms with E-state index in [9.17, 15) is 4.79 Å². The SMILES string of the molecule is CC(=O)c1csc(-c2ccc3ccccc3n2)n1. The van der Waals surface area contributed by atoms with Gasteiger partial charge >= 0.3 is 0 Å². The van der Waals surface area contributed by atoms with Crippen LogP contribution in [0.15, 0.2) is 41.8 Å². The summed E-state index contributed by atoms with van der Waals surface area (Å²) in [6.07, 6.45) is 0. The number of rotatable bonds is 2. The van der Waals surface area contributed by atoms with Crippen LogP contribution >= 0.6 is 11.3 Å². The normalized spacial score (nSPS) is 10.7. The Morgan fingerprint density at radius 3 is 2.72 bits per heavy atom. The minimum Gasteiger partial charge on any atom is -0.293 e. The van der Waals surface area contributed by atoms with Crippen molar-refractivity contribution >= 4 is 28.0 Å². The van der Waals surface area contributed by atoms with E-state index in [1.54, 1.807) is 5.38 Å². The molecule has 1 aromatic carbocycles. The Kier molecular flexibility index (Phi) is 2.64. The molecule has 0 fully saturated rings. The third-order valence-corrected chi connectivity index (χ3v) is 3.55. The Morgan fingerprint density at radius 1 is 1.11 bits per heavy atom. The highest BCUT2D eigenvalue weighted by Gasteiger charge is 2.09. The fourth-order valence-corrected chi connectivity index (χ4v) is 2.57. The van der Waals surface area contributed by atoms with Gasteiger partial charge in [-0.25, -0.2) is 9.97 Å². The first-order valence-corrected chi connectivity index (χ1v) is 6.44. The van der Waals surface area contributed by atoms with Crippen LogP contribution < -0.4 is 0 Å². The zero-order valence-electron chi connectivity index (χ0n) is 9.75. The van der Waals surface area contributed by atoms with Crippen LogP contribution in [0.2, 0.25) is 0 Å². The third-order valence-electron chi connectivity index (χ3n) is 2.68. The quantitative estimate of drug-likeness (QED) is 0.657. The van der Waals surface area contributed by atoms with Gasteiger partial charge in [0.25, 0.3) is 0 Å². The fraction of sp³-hybridized carbons (Fsp3) is 0.0714. The highest BCUT2D eigenvalue weighted by Crippen LogP contribution is 2.24.